The first-order chi connectivity index (χ1) is 23.1. The molecule has 6 rings (SSSR count). The van der Waals surface area contributed by atoms with E-state index in [1.165, 1.54) is 24.3 Å². The third kappa shape index (κ3) is 6.73. The van der Waals surface area contributed by atoms with Crippen molar-refractivity contribution in [2.45, 2.75) is 57.8 Å². The molecule has 2 atom stereocenters. The van der Waals surface area contributed by atoms with Crippen LogP contribution >= 0.6 is 0 Å². The van der Waals surface area contributed by atoms with Crippen molar-refractivity contribution in [3.63, 3.8) is 0 Å². The Bertz CT molecular complexity index is 1670. The molecule has 0 spiro atoms. The van der Waals surface area contributed by atoms with E-state index in [-0.39, 0.29) is 36.1 Å². The fourth-order valence-electron chi connectivity index (χ4n) is 7.05. The van der Waals surface area contributed by atoms with E-state index in [9.17, 15) is 24.3 Å². The van der Waals surface area contributed by atoms with Gasteiger partial charge in [0.2, 0.25) is 11.8 Å². The fraction of sp³-hybridized carbons (Fsp3) is 0.405. The number of methoxy groups -OCH3 is 1. The number of anilines is 3. The zero-order chi connectivity index (χ0) is 33.9. The summed E-state index contributed by atoms with van der Waals surface area (Å²) in [4.78, 5) is 59.1. The second-order valence-electron chi connectivity index (χ2n) is 12.8. The molecule has 11 heteroatoms. The third-order valence-corrected chi connectivity index (χ3v) is 9.47. The van der Waals surface area contributed by atoms with Crippen LogP contribution in [0.2, 0.25) is 0 Å². The number of nitrogens with one attached hydrogen (secondary N) is 1. The lowest BCUT2D eigenvalue weighted by molar-refractivity contribution is -0.145. The van der Waals surface area contributed by atoms with Crippen molar-refractivity contribution in [1.82, 2.24) is 4.90 Å². The summed E-state index contributed by atoms with van der Waals surface area (Å²) < 4.78 is 11.3. The monoisotopic (exact) mass is 654 g/mol. The molecule has 3 aliphatic rings. The van der Waals surface area contributed by atoms with Crippen LogP contribution in [0.15, 0.2) is 66.7 Å². The predicted octanol–water partition coefficient (Wildman–Crippen LogP) is 4.90. The number of hydrogen-bond donors (Lipinski definition) is 2. The molecule has 0 bridgehead atoms. The maximum atomic E-state index is 14.3. The number of ether oxygens (including phenoxy) is 2. The second kappa shape index (κ2) is 14.1. The maximum Gasteiger partial charge on any atom is 0.335 e. The number of aromatic carboxylic acids is 1. The zero-order valence-corrected chi connectivity index (χ0v) is 27.6. The minimum Gasteiger partial charge on any atom is -0.491 e. The number of amides is 3. The van der Waals surface area contributed by atoms with Crippen molar-refractivity contribution in [2.24, 2.45) is 5.92 Å². The van der Waals surface area contributed by atoms with Gasteiger partial charge >= 0.3 is 5.97 Å². The van der Waals surface area contributed by atoms with Crippen LogP contribution in [0.5, 0.6) is 5.75 Å². The predicted molar refractivity (Wildman–Crippen MR) is 182 cm³/mol. The number of carbonyl (C=O) groups is 4. The summed E-state index contributed by atoms with van der Waals surface area (Å²) in [6.07, 6.45) is 2.92. The smallest absolute Gasteiger partial charge is 0.335 e. The van der Waals surface area contributed by atoms with Crippen molar-refractivity contribution >= 4 is 40.8 Å². The van der Waals surface area contributed by atoms with E-state index in [1.807, 2.05) is 50.2 Å². The molecule has 11 nitrogen and oxygen atoms in total. The Morgan fingerprint density at radius 1 is 0.896 bits per heavy atom. The Kier molecular flexibility index (Phi) is 9.68. The van der Waals surface area contributed by atoms with E-state index < -0.39 is 23.8 Å². The number of carbonyl (C=O) groups excluding carboxylic acids is 3. The summed E-state index contributed by atoms with van der Waals surface area (Å²) in [5, 5.41) is 12.2. The lowest BCUT2D eigenvalue weighted by atomic mass is 9.88. The highest BCUT2D eigenvalue weighted by Gasteiger charge is 2.45. The topological polar surface area (TPSA) is 129 Å². The van der Waals surface area contributed by atoms with E-state index >= 15 is 0 Å². The molecule has 252 valence electrons. The van der Waals surface area contributed by atoms with Gasteiger partial charge in [0, 0.05) is 50.4 Å². The quantitative estimate of drug-likeness (QED) is 0.312. The Balaban J connectivity index is 1.28. The number of carboxylic acid groups (broad SMARTS) is 1. The Labute approximate surface area is 280 Å². The van der Waals surface area contributed by atoms with E-state index in [0.29, 0.717) is 36.5 Å². The van der Waals surface area contributed by atoms with Crippen LogP contribution in [0.3, 0.4) is 0 Å². The largest absolute Gasteiger partial charge is 0.491 e. The molecule has 3 aromatic carbocycles. The van der Waals surface area contributed by atoms with Gasteiger partial charge in [-0.05, 0) is 105 Å². The Morgan fingerprint density at radius 2 is 1.60 bits per heavy atom. The maximum absolute atomic E-state index is 14.3. The SMILES string of the molecule is COC1CCN(c2cccc3c2CCN(C(=O)C2CCN(c4ccc(OC(C)C)cc4)C2=O)C3C(=O)Nc2ccc(C(=O)O)cc2)CC1. The standard InChI is InChI=1S/C37H42N4O7/c1-23(2)48-28-13-11-26(12-14-28)40-21-18-31(35(40)43)36(44)41-22-17-29-30(5-4-6-32(29)39-19-15-27(47-3)16-20-39)33(41)34(42)38-25-9-7-24(8-10-25)37(45)46/h4-14,23,27,31,33H,15-22H2,1-3H3,(H,38,42)(H,45,46). The molecule has 0 radical (unpaired) electrons. The molecule has 0 aliphatic carbocycles. The highest BCUT2D eigenvalue weighted by molar-refractivity contribution is 6.11. The summed E-state index contributed by atoms with van der Waals surface area (Å²) in [6.45, 7) is 6.20. The minimum absolute atomic E-state index is 0.0224. The highest BCUT2D eigenvalue weighted by Crippen LogP contribution is 2.39. The molecule has 3 aliphatic heterocycles. The highest BCUT2D eigenvalue weighted by atomic mass is 16.5. The van der Waals surface area contributed by atoms with Crippen LogP contribution in [0, 0.1) is 5.92 Å². The molecule has 0 aromatic heterocycles. The van der Waals surface area contributed by atoms with Crippen LogP contribution in [-0.2, 0) is 25.5 Å². The van der Waals surface area contributed by atoms with Crippen LogP contribution in [0.4, 0.5) is 17.1 Å². The van der Waals surface area contributed by atoms with Gasteiger partial charge in [-0.2, -0.15) is 0 Å². The molecule has 3 amide bonds. The average molecular weight is 655 g/mol. The molecule has 3 aromatic rings. The van der Waals surface area contributed by atoms with Crippen LogP contribution in [0.25, 0.3) is 0 Å². The molecule has 2 unspecified atom stereocenters. The molecule has 3 heterocycles. The summed E-state index contributed by atoms with van der Waals surface area (Å²) in [6, 6.07) is 18.1. The third-order valence-electron chi connectivity index (χ3n) is 9.47. The van der Waals surface area contributed by atoms with Gasteiger partial charge in [0.25, 0.3) is 5.91 Å². The first-order valence-electron chi connectivity index (χ1n) is 16.6. The lowest BCUT2D eigenvalue weighted by Gasteiger charge is -2.40. The summed E-state index contributed by atoms with van der Waals surface area (Å²) >= 11 is 0. The first kappa shape index (κ1) is 33.0. The van der Waals surface area contributed by atoms with Gasteiger partial charge in [-0.25, -0.2) is 4.79 Å². The number of piperidine rings is 1. The first-order valence-corrected chi connectivity index (χ1v) is 16.6. The number of carboxylic acids is 1. The fourth-order valence-corrected chi connectivity index (χ4v) is 7.05. The van der Waals surface area contributed by atoms with Crippen molar-refractivity contribution < 1.29 is 33.8 Å². The second-order valence-corrected chi connectivity index (χ2v) is 12.8. The summed E-state index contributed by atoms with van der Waals surface area (Å²) in [5.74, 6) is -2.37. The van der Waals surface area contributed by atoms with E-state index in [0.717, 1.165) is 42.7 Å². The minimum atomic E-state index is -1.07. The van der Waals surface area contributed by atoms with E-state index in [4.69, 9.17) is 9.47 Å². The zero-order valence-electron chi connectivity index (χ0n) is 27.6. The number of fused-ring (bicyclic) bond motifs is 1. The molecule has 2 saturated heterocycles. The average Bonchev–Trinajstić information content (AvgIpc) is 3.48. The van der Waals surface area contributed by atoms with Gasteiger partial charge in [-0.1, -0.05) is 12.1 Å². The lowest BCUT2D eigenvalue weighted by Crippen LogP contribution is -2.49. The normalized spacial score (nSPS) is 19.8. The number of nitrogens with zero attached hydrogens (tertiary/aromatic N) is 3. The molecule has 2 N–H and O–H groups in total. The van der Waals surface area contributed by atoms with Gasteiger partial charge < -0.3 is 34.6 Å². The molecular formula is C37H42N4O7. The Hall–Kier alpha value is -4.90. The molecular weight excluding hydrogens is 612 g/mol. The van der Waals surface area contributed by atoms with Crippen LogP contribution in [0.1, 0.15) is 60.6 Å². The summed E-state index contributed by atoms with van der Waals surface area (Å²) in [7, 11) is 1.74. The van der Waals surface area contributed by atoms with Crippen molar-refractivity contribution in [1.29, 1.82) is 0 Å². The number of rotatable bonds is 9. The van der Waals surface area contributed by atoms with Gasteiger partial charge in [0.05, 0.1) is 17.8 Å². The number of benzene rings is 3. The molecule has 0 saturated carbocycles. The van der Waals surface area contributed by atoms with E-state index in [2.05, 4.69) is 16.3 Å². The van der Waals surface area contributed by atoms with Crippen molar-refractivity contribution in [3.8, 4) is 5.75 Å². The van der Waals surface area contributed by atoms with Crippen LogP contribution < -0.4 is 19.9 Å². The van der Waals surface area contributed by atoms with Crippen molar-refractivity contribution in [2.75, 3.05) is 48.4 Å². The van der Waals surface area contributed by atoms with Crippen molar-refractivity contribution in [3.05, 3.63) is 83.4 Å². The molecule has 48 heavy (non-hydrogen) atoms. The Morgan fingerprint density at radius 3 is 2.25 bits per heavy atom. The molecule has 2 fully saturated rings. The van der Waals surface area contributed by atoms with E-state index in [1.54, 1.807) is 16.9 Å². The van der Waals surface area contributed by atoms with Gasteiger partial charge in [0.15, 0.2) is 0 Å². The van der Waals surface area contributed by atoms with Gasteiger partial charge in [-0.3, -0.25) is 14.4 Å². The summed E-state index contributed by atoms with van der Waals surface area (Å²) in [5.41, 5.74) is 3.99. The van der Waals surface area contributed by atoms with Gasteiger partial charge in [0.1, 0.15) is 17.7 Å². The van der Waals surface area contributed by atoms with Crippen LogP contribution in [-0.4, -0.2) is 79.2 Å². The number of hydrogen-bond acceptors (Lipinski definition) is 7. The van der Waals surface area contributed by atoms with Gasteiger partial charge in [-0.15, -0.1) is 0 Å².